The number of carbonyl (C=O) groups excluding carboxylic acids is 1. The number of fused-ring (bicyclic) bond motifs is 2. The van der Waals surface area contributed by atoms with E-state index in [0.29, 0.717) is 18.4 Å². The van der Waals surface area contributed by atoms with Crippen LogP contribution in [0.15, 0.2) is 24.3 Å². The molecule has 0 unspecified atom stereocenters. The average Bonchev–Trinajstić information content (AvgIpc) is 3.16. The quantitative estimate of drug-likeness (QED) is 0.811. The van der Waals surface area contributed by atoms with Crippen molar-refractivity contribution < 1.29 is 4.79 Å². The van der Waals surface area contributed by atoms with Gasteiger partial charge in [-0.3, -0.25) is 4.79 Å². The molecule has 0 heterocycles. The Kier molecular flexibility index (Phi) is 5.08. The summed E-state index contributed by atoms with van der Waals surface area (Å²) in [5, 5.41) is 3.27. The van der Waals surface area contributed by atoms with E-state index in [2.05, 4.69) is 50.4 Å². The van der Waals surface area contributed by atoms with Crippen LogP contribution in [0.25, 0.3) is 0 Å². The van der Waals surface area contributed by atoms with Crippen molar-refractivity contribution in [1.82, 2.24) is 5.32 Å². The first kappa shape index (κ1) is 16.5. The van der Waals surface area contributed by atoms with Crippen LogP contribution in [0.2, 0.25) is 0 Å². The van der Waals surface area contributed by atoms with E-state index in [1.165, 1.54) is 36.8 Å². The number of nitrogens with one attached hydrogen (secondary N) is 1. The van der Waals surface area contributed by atoms with Gasteiger partial charge in [-0.1, -0.05) is 44.5 Å². The van der Waals surface area contributed by atoms with Crippen LogP contribution >= 0.6 is 0 Å². The molecule has 1 aromatic carbocycles. The van der Waals surface area contributed by atoms with Crippen LogP contribution in [-0.4, -0.2) is 11.9 Å². The minimum Gasteiger partial charge on any atom is -0.353 e. The Hall–Kier alpha value is -1.31. The zero-order valence-electron chi connectivity index (χ0n) is 14.8. The van der Waals surface area contributed by atoms with Crippen LogP contribution in [0, 0.1) is 17.8 Å². The summed E-state index contributed by atoms with van der Waals surface area (Å²) >= 11 is 0. The first-order valence-corrected chi connectivity index (χ1v) is 9.41. The Balaban J connectivity index is 1.44. The van der Waals surface area contributed by atoms with Gasteiger partial charge in [-0.2, -0.15) is 0 Å². The van der Waals surface area contributed by atoms with Crippen molar-refractivity contribution in [2.45, 2.75) is 71.3 Å². The van der Waals surface area contributed by atoms with Crippen molar-refractivity contribution >= 4 is 5.91 Å². The number of hydrogen-bond acceptors (Lipinski definition) is 1. The van der Waals surface area contributed by atoms with Gasteiger partial charge in [0.1, 0.15) is 0 Å². The molecule has 0 aromatic heterocycles. The number of benzene rings is 1. The van der Waals surface area contributed by atoms with Gasteiger partial charge >= 0.3 is 0 Å². The highest BCUT2D eigenvalue weighted by Crippen LogP contribution is 2.49. The van der Waals surface area contributed by atoms with Crippen molar-refractivity contribution in [1.29, 1.82) is 0 Å². The predicted molar refractivity (Wildman–Crippen MR) is 95.4 cm³/mol. The first-order valence-electron chi connectivity index (χ1n) is 9.41. The van der Waals surface area contributed by atoms with Gasteiger partial charge in [0, 0.05) is 12.5 Å². The van der Waals surface area contributed by atoms with E-state index in [1.807, 2.05) is 0 Å². The maximum absolute atomic E-state index is 12.3. The van der Waals surface area contributed by atoms with E-state index in [-0.39, 0.29) is 5.91 Å². The van der Waals surface area contributed by atoms with Crippen LogP contribution in [0.1, 0.15) is 69.9 Å². The number of rotatable bonds is 6. The minimum atomic E-state index is 0.216. The molecule has 126 valence electrons. The fourth-order valence-corrected chi connectivity index (χ4v) is 4.67. The van der Waals surface area contributed by atoms with Crippen LogP contribution < -0.4 is 5.32 Å². The third-order valence-electron chi connectivity index (χ3n) is 6.11. The molecular formula is C21H31NO. The Labute approximate surface area is 141 Å². The molecule has 2 heteroatoms. The van der Waals surface area contributed by atoms with E-state index in [9.17, 15) is 4.79 Å². The third-order valence-corrected chi connectivity index (χ3v) is 6.11. The molecule has 2 saturated carbocycles. The molecule has 2 nitrogen and oxygen atoms in total. The van der Waals surface area contributed by atoms with Gasteiger partial charge < -0.3 is 5.32 Å². The summed E-state index contributed by atoms with van der Waals surface area (Å²) in [7, 11) is 0. The van der Waals surface area contributed by atoms with Crippen LogP contribution in [-0.2, 0) is 11.2 Å². The fraction of sp³-hybridized carbons (Fsp3) is 0.667. The molecule has 23 heavy (non-hydrogen) atoms. The smallest absolute Gasteiger partial charge is 0.220 e. The highest BCUT2D eigenvalue weighted by atomic mass is 16.1. The zero-order valence-corrected chi connectivity index (χ0v) is 14.8. The third kappa shape index (κ3) is 3.97. The lowest BCUT2D eigenvalue weighted by Gasteiger charge is -2.28. The lowest BCUT2D eigenvalue weighted by Crippen LogP contribution is -2.40. The van der Waals surface area contributed by atoms with E-state index in [0.717, 1.165) is 24.2 Å². The monoisotopic (exact) mass is 313 g/mol. The average molecular weight is 313 g/mol. The summed E-state index contributed by atoms with van der Waals surface area (Å²) < 4.78 is 0. The summed E-state index contributed by atoms with van der Waals surface area (Å²) in [4.78, 5) is 12.3. The van der Waals surface area contributed by atoms with Crippen LogP contribution in [0.3, 0.4) is 0 Å². The van der Waals surface area contributed by atoms with Gasteiger partial charge in [0.25, 0.3) is 0 Å². The molecule has 2 aliphatic carbocycles. The normalized spacial score (nSPS) is 27.4. The Bertz CT molecular complexity index is 533. The largest absolute Gasteiger partial charge is 0.353 e. The lowest BCUT2D eigenvalue weighted by atomic mass is 9.84. The summed E-state index contributed by atoms with van der Waals surface area (Å²) in [6, 6.07) is 9.07. The zero-order chi connectivity index (χ0) is 16.4. The van der Waals surface area contributed by atoms with Crippen molar-refractivity contribution in [2.24, 2.45) is 17.8 Å². The number of aryl methyl sites for hydroxylation is 1. The molecule has 1 aromatic rings. The minimum absolute atomic E-state index is 0.216. The molecule has 3 rings (SSSR count). The van der Waals surface area contributed by atoms with Crippen molar-refractivity contribution in [3.8, 4) is 0 Å². The van der Waals surface area contributed by atoms with Crippen molar-refractivity contribution in [3.63, 3.8) is 0 Å². The van der Waals surface area contributed by atoms with E-state index < -0.39 is 0 Å². The SMILES string of the molecule is CC(C)c1ccc(CCC(=O)N[C@@H](C)[C@H]2C[C@H]3CC[C@H]2C3)cc1. The van der Waals surface area contributed by atoms with E-state index >= 15 is 0 Å². The van der Waals surface area contributed by atoms with E-state index in [4.69, 9.17) is 0 Å². The number of amides is 1. The number of hydrogen-bond donors (Lipinski definition) is 1. The first-order chi connectivity index (χ1) is 11.0. The summed E-state index contributed by atoms with van der Waals surface area (Å²) in [6.07, 6.45) is 7.00. The molecule has 1 N–H and O–H groups in total. The van der Waals surface area contributed by atoms with E-state index in [1.54, 1.807) is 0 Å². The topological polar surface area (TPSA) is 29.1 Å². The second-order valence-electron chi connectivity index (χ2n) is 8.09. The maximum atomic E-state index is 12.3. The van der Waals surface area contributed by atoms with Gasteiger partial charge in [-0.25, -0.2) is 0 Å². The second kappa shape index (κ2) is 7.07. The van der Waals surface area contributed by atoms with Crippen LogP contribution in [0.5, 0.6) is 0 Å². The van der Waals surface area contributed by atoms with Gasteiger partial charge in [-0.15, -0.1) is 0 Å². The fourth-order valence-electron chi connectivity index (χ4n) is 4.67. The standard InChI is InChI=1S/C21H31NO/c1-14(2)18-8-4-16(5-9-18)7-11-21(23)22-15(3)20-13-17-6-10-19(20)12-17/h4-5,8-9,14-15,17,19-20H,6-7,10-13H2,1-3H3,(H,22,23)/t15-,17-,19-,20+/m0/s1. The van der Waals surface area contributed by atoms with Crippen LogP contribution in [0.4, 0.5) is 0 Å². The molecule has 0 saturated heterocycles. The maximum Gasteiger partial charge on any atom is 0.220 e. The molecule has 2 aliphatic rings. The predicted octanol–water partition coefficient (Wildman–Crippen LogP) is 4.68. The molecule has 0 radical (unpaired) electrons. The molecule has 0 spiro atoms. The molecule has 2 fully saturated rings. The highest BCUT2D eigenvalue weighted by Gasteiger charge is 2.41. The van der Waals surface area contributed by atoms with Gasteiger partial charge in [0.05, 0.1) is 0 Å². The molecule has 4 atom stereocenters. The highest BCUT2D eigenvalue weighted by molar-refractivity contribution is 5.76. The molecular weight excluding hydrogens is 282 g/mol. The Morgan fingerprint density at radius 3 is 2.43 bits per heavy atom. The Morgan fingerprint density at radius 2 is 1.87 bits per heavy atom. The van der Waals surface area contributed by atoms with Gasteiger partial charge in [-0.05, 0) is 67.4 Å². The Morgan fingerprint density at radius 1 is 1.13 bits per heavy atom. The summed E-state index contributed by atoms with van der Waals surface area (Å²) in [6.45, 7) is 6.62. The van der Waals surface area contributed by atoms with Gasteiger partial charge in [0.2, 0.25) is 5.91 Å². The second-order valence-corrected chi connectivity index (χ2v) is 8.09. The molecule has 0 aliphatic heterocycles. The summed E-state index contributed by atoms with van der Waals surface area (Å²) in [5.74, 6) is 3.33. The number of carbonyl (C=O) groups is 1. The van der Waals surface area contributed by atoms with Gasteiger partial charge in [0.15, 0.2) is 0 Å². The molecule has 2 bridgehead atoms. The lowest BCUT2D eigenvalue weighted by molar-refractivity contribution is -0.122. The molecule has 1 amide bonds. The van der Waals surface area contributed by atoms with Crippen molar-refractivity contribution in [2.75, 3.05) is 0 Å². The summed E-state index contributed by atoms with van der Waals surface area (Å²) in [5.41, 5.74) is 2.63. The van der Waals surface area contributed by atoms with Crippen molar-refractivity contribution in [3.05, 3.63) is 35.4 Å².